The van der Waals surface area contributed by atoms with Crippen molar-refractivity contribution in [3.63, 3.8) is 0 Å². The van der Waals surface area contributed by atoms with Crippen LogP contribution in [0.5, 0.6) is 5.75 Å². The molecule has 1 heterocycles. The van der Waals surface area contributed by atoms with E-state index in [1.807, 2.05) is 31.2 Å². The molecule has 78 valence electrons. The standard InChI is InChI=1S/C10H9ClN2OS/c1-2-14-8-5-3-7(4-6-8)9-10(11)13-15-12-9/h3-6H,2H2,1H3. The maximum absolute atomic E-state index is 5.88. The Bertz CT molecular complexity index is 441. The minimum atomic E-state index is 0.448. The second-order valence-corrected chi connectivity index (χ2v) is 3.75. The number of hydrogen-bond donors (Lipinski definition) is 0. The van der Waals surface area contributed by atoms with Crippen molar-refractivity contribution in [2.45, 2.75) is 6.92 Å². The Morgan fingerprint density at radius 3 is 2.53 bits per heavy atom. The van der Waals surface area contributed by atoms with Gasteiger partial charge in [0, 0.05) is 5.56 Å². The summed E-state index contributed by atoms with van der Waals surface area (Å²) in [6, 6.07) is 7.64. The van der Waals surface area contributed by atoms with Crippen molar-refractivity contribution < 1.29 is 4.74 Å². The van der Waals surface area contributed by atoms with Crippen molar-refractivity contribution in [3.05, 3.63) is 29.4 Å². The molecule has 0 spiro atoms. The summed E-state index contributed by atoms with van der Waals surface area (Å²) >= 11 is 6.99. The number of rotatable bonds is 3. The van der Waals surface area contributed by atoms with Crippen molar-refractivity contribution in [2.24, 2.45) is 0 Å². The SMILES string of the molecule is CCOc1ccc(-c2nsnc2Cl)cc1. The fraction of sp³-hybridized carbons (Fsp3) is 0.200. The average Bonchev–Trinajstić information content (AvgIpc) is 2.66. The van der Waals surface area contributed by atoms with Gasteiger partial charge in [0.25, 0.3) is 0 Å². The molecule has 15 heavy (non-hydrogen) atoms. The molecule has 2 aromatic rings. The Hall–Kier alpha value is -1.13. The molecule has 0 atom stereocenters. The molecule has 0 fully saturated rings. The van der Waals surface area contributed by atoms with Gasteiger partial charge in [-0.15, -0.1) is 0 Å². The van der Waals surface area contributed by atoms with Gasteiger partial charge < -0.3 is 4.74 Å². The molecule has 0 aliphatic heterocycles. The van der Waals surface area contributed by atoms with E-state index in [1.54, 1.807) is 0 Å². The molecular weight excluding hydrogens is 232 g/mol. The van der Waals surface area contributed by atoms with Crippen molar-refractivity contribution >= 4 is 23.3 Å². The molecular formula is C10H9ClN2OS. The summed E-state index contributed by atoms with van der Waals surface area (Å²) in [5, 5.41) is 0.448. The predicted molar refractivity (Wildman–Crippen MR) is 61.5 cm³/mol. The van der Waals surface area contributed by atoms with Crippen LogP contribution in [0.2, 0.25) is 5.15 Å². The second-order valence-electron chi connectivity index (χ2n) is 2.86. The predicted octanol–water partition coefficient (Wildman–Crippen LogP) is 3.26. The van der Waals surface area contributed by atoms with Gasteiger partial charge in [-0.3, -0.25) is 0 Å². The van der Waals surface area contributed by atoms with Gasteiger partial charge in [0.1, 0.15) is 11.4 Å². The Balaban J connectivity index is 2.28. The van der Waals surface area contributed by atoms with E-state index in [-0.39, 0.29) is 0 Å². The topological polar surface area (TPSA) is 35.0 Å². The van der Waals surface area contributed by atoms with Gasteiger partial charge >= 0.3 is 0 Å². The minimum Gasteiger partial charge on any atom is -0.494 e. The second kappa shape index (κ2) is 4.59. The molecule has 0 aliphatic rings. The quantitative estimate of drug-likeness (QED) is 0.826. The first-order valence-electron chi connectivity index (χ1n) is 4.52. The van der Waals surface area contributed by atoms with E-state index in [2.05, 4.69) is 8.75 Å². The summed E-state index contributed by atoms with van der Waals surface area (Å²) in [7, 11) is 0. The lowest BCUT2D eigenvalue weighted by Gasteiger charge is -2.03. The molecule has 2 rings (SSSR count). The van der Waals surface area contributed by atoms with E-state index >= 15 is 0 Å². The summed E-state index contributed by atoms with van der Waals surface area (Å²) in [5.41, 5.74) is 1.68. The summed E-state index contributed by atoms with van der Waals surface area (Å²) in [6.07, 6.45) is 0. The number of nitrogens with zero attached hydrogens (tertiary/aromatic N) is 2. The van der Waals surface area contributed by atoms with E-state index in [0.717, 1.165) is 28.7 Å². The van der Waals surface area contributed by atoms with Crippen LogP contribution in [-0.4, -0.2) is 15.4 Å². The fourth-order valence-electron chi connectivity index (χ4n) is 1.23. The van der Waals surface area contributed by atoms with Crippen molar-refractivity contribution in [2.75, 3.05) is 6.61 Å². The fourth-order valence-corrected chi connectivity index (χ4v) is 1.99. The van der Waals surface area contributed by atoms with E-state index in [4.69, 9.17) is 16.3 Å². The summed E-state index contributed by atoms with van der Waals surface area (Å²) in [4.78, 5) is 0. The number of aromatic nitrogens is 2. The van der Waals surface area contributed by atoms with Crippen LogP contribution in [0.25, 0.3) is 11.3 Å². The minimum absolute atomic E-state index is 0.448. The van der Waals surface area contributed by atoms with E-state index in [9.17, 15) is 0 Å². The molecule has 1 aromatic heterocycles. The zero-order valence-corrected chi connectivity index (χ0v) is 9.68. The Morgan fingerprint density at radius 2 is 2.00 bits per heavy atom. The van der Waals surface area contributed by atoms with Crippen LogP contribution < -0.4 is 4.74 Å². The lowest BCUT2D eigenvalue weighted by atomic mass is 10.2. The van der Waals surface area contributed by atoms with Crippen LogP contribution in [0.4, 0.5) is 0 Å². The lowest BCUT2D eigenvalue weighted by Crippen LogP contribution is -1.90. The van der Waals surface area contributed by atoms with Gasteiger partial charge in [-0.2, -0.15) is 8.75 Å². The number of benzene rings is 1. The molecule has 0 amide bonds. The number of hydrogen-bond acceptors (Lipinski definition) is 4. The first kappa shape index (κ1) is 10.4. The molecule has 0 radical (unpaired) electrons. The normalized spacial score (nSPS) is 10.3. The van der Waals surface area contributed by atoms with Crippen molar-refractivity contribution in [1.82, 2.24) is 8.75 Å². The van der Waals surface area contributed by atoms with Gasteiger partial charge in [-0.1, -0.05) is 11.6 Å². The number of ether oxygens (including phenoxy) is 1. The molecule has 1 aromatic carbocycles. The molecule has 3 nitrogen and oxygen atoms in total. The largest absolute Gasteiger partial charge is 0.494 e. The highest BCUT2D eigenvalue weighted by Gasteiger charge is 2.07. The van der Waals surface area contributed by atoms with Crippen molar-refractivity contribution in [1.29, 1.82) is 0 Å². The van der Waals surface area contributed by atoms with Crippen LogP contribution >= 0.6 is 23.3 Å². The third-order valence-electron chi connectivity index (χ3n) is 1.89. The summed E-state index contributed by atoms with van der Waals surface area (Å²) in [6.45, 7) is 2.62. The highest BCUT2D eigenvalue weighted by atomic mass is 35.5. The van der Waals surface area contributed by atoms with Gasteiger partial charge in [0.05, 0.1) is 18.3 Å². The van der Waals surface area contributed by atoms with Crippen LogP contribution in [0, 0.1) is 0 Å². The highest BCUT2D eigenvalue weighted by Crippen LogP contribution is 2.26. The van der Waals surface area contributed by atoms with E-state index in [0.29, 0.717) is 11.8 Å². The maximum atomic E-state index is 5.88. The Morgan fingerprint density at radius 1 is 1.27 bits per heavy atom. The molecule has 0 bridgehead atoms. The average molecular weight is 241 g/mol. The number of halogens is 1. The molecule has 0 saturated carbocycles. The molecule has 0 N–H and O–H groups in total. The van der Waals surface area contributed by atoms with Crippen molar-refractivity contribution in [3.8, 4) is 17.0 Å². The third-order valence-corrected chi connectivity index (χ3v) is 2.78. The zero-order valence-electron chi connectivity index (χ0n) is 8.11. The van der Waals surface area contributed by atoms with Gasteiger partial charge in [-0.05, 0) is 31.2 Å². The third kappa shape index (κ3) is 2.27. The van der Waals surface area contributed by atoms with Crippen LogP contribution in [-0.2, 0) is 0 Å². The first-order valence-corrected chi connectivity index (χ1v) is 5.63. The Kier molecular flexibility index (Phi) is 3.18. The summed E-state index contributed by atoms with van der Waals surface area (Å²) < 4.78 is 13.4. The van der Waals surface area contributed by atoms with Gasteiger partial charge in [-0.25, -0.2) is 0 Å². The Labute approximate surface area is 97.0 Å². The van der Waals surface area contributed by atoms with Crippen LogP contribution in [0.1, 0.15) is 6.92 Å². The maximum Gasteiger partial charge on any atom is 0.170 e. The molecule has 0 unspecified atom stereocenters. The van der Waals surface area contributed by atoms with E-state index in [1.165, 1.54) is 0 Å². The van der Waals surface area contributed by atoms with Crippen LogP contribution in [0.15, 0.2) is 24.3 Å². The van der Waals surface area contributed by atoms with E-state index < -0.39 is 0 Å². The molecule has 5 heteroatoms. The lowest BCUT2D eigenvalue weighted by molar-refractivity contribution is 0.340. The monoisotopic (exact) mass is 240 g/mol. The molecule has 0 saturated heterocycles. The smallest absolute Gasteiger partial charge is 0.170 e. The van der Waals surface area contributed by atoms with Gasteiger partial charge in [0.15, 0.2) is 5.15 Å². The molecule has 0 aliphatic carbocycles. The zero-order chi connectivity index (χ0) is 10.7. The summed E-state index contributed by atoms with van der Waals surface area (Å²) in [5.74, 6) is 0.848. The van der Waals surface area contributed by atoms with Gasteiger partial charge in [0.2, 0.25) is 0 Å². The van der Waals surface area contributed by atoms with Crippen LogP contribution in [0.3, 0.4) is 0 Å². The highest BCUT2D eigenvalue weighted by molar-refractivity contribution is 6.99. The first-order chi connectivity index (χ1) is 7.31.